The molecule has 0 atom stereocenters. The highest BCUT2D eigenvalue weighted by Crippen LogP contribution is 2.33. The number of hydrogen-bond acceptors (Lipinski definition) is 5. The summed E-state index contributed by atoms with van der Waals surface area (Å²) >= 11 is 0. The Morgan fingerprint density at radius 1 is 1.27 bits per heavy atom. The predicted molar refractivity (Wildman–Crippen MR) is 101 cm³/mol. The summed E-state index contributed by atoms with van der Waals surface area (Å²) in [6, 6.07) is 9.49. The van der Waals surface area contributed by atoms with E-state index in [0.29, 0.717) is 11.4 Å². The van der Waals surface area contributed by atoms with Gasteiger partial charge in [0, 0.05) is 23.1 Å². The van der Waals surface area contributed by atoms with E-state index < -0.39 is 0 Å². The maximum Gasteiger partial charge on any atom is 0.337 e. The number of carbonyl (C=O) groups is 1. The molecule has 7 nitrogen and oxygen atoms in total. The van der Waals surface area contributed by atoms with E-state index >= 15 is 0 Å². The topological polar surface area (TPSA) is 98.8 Å². The van der Waals surface area contributed by atoms with E-state index in [1.54, 1.807) is 18.3 Å². The van der Waals surface area contributed by atoms with Crippen molar-refractivity contribution in [2.75, 3.05) is 12.8 Å². The molecule has 132 valence electrons. The molecule has 26 heavy (non-hydrogen) atoms. The predicted octanol–water partition coefficient (Wildman–Crippen LogP) is 3.53. The number of nitrogen functional groups attached to an aromatic ring is 1. The first-order valence-corrected chi connectivity index (χ1v) is 8.33. The minimum absolute atomic E-state index is 0.184. The summed E-state index contributed by atoms with van der Waals surface area (Å²) in [6.07, 6.45) is 1.69. The number of aromatic nitrogens is 4. The van der Waals surface area contributed by atoms with Gasteiger partial charge in [-0.25, -0.2) is 9.78 Å². The lowest BCUT2D eigenvalue weighted by atomic mass is 10.1. The van der Waals surface area contributed by atoms with E-state index in [9.17, 15) is 4.79 Å². The molecule has 4 rings (SSSR count). The molecule has 0 unspecified atom stereocenters. The molecule has 0 amide bonds. The van der Waals surface area contributed by atoms with Gasteiger partial charge in [-0.3, -0.25) is 4.68 Å². The number of anilines is 1. The number of hydrogen-bond donors (Lipinski definition) is 2. The van der Waals surface area contributed by atoms with Crippen LogP contribution in [0.5, 0.6) is 0 Å². The molecule has 7 heteroatoms. The summed E-state index contributed by atoms with van der Waals surface area (Å²) in [7, 11) is 1.37. The molecular weight excluding hydrogens is 330 g/mol. The first kappa shape index (κ1) is 16.1. The second kappa shape index (κ2) is 5.87. The molecule has 0 saturated heterocycles. The van der Waals surface area contributed by atoms with Gasteiger partial charge in [-0.1, -0.05) is 6.07 Å². The zero-order valence-electron chi connectivity index (χ0n) is 14.8. The lowest BCUT2D eigenvalue weighted by molar-refractivity contribution is 0.0601. The van der Waals surface area contributed by atoms with Gasteiger partial charge in [-0.2, -0.15) is 5.10 Å². The molecular formula is C19H19N5O2. The maximum atomic E-state index is 11.8. The van der Waals surface area contributed by atoms with Crippen LogP contribution >= 0.6 is 0 Å². The Morgan fingerprint density at radius 2 is 2.08 bits per heavy atom. The Morgan fingerprint density at radius 3 is 2.81 bits per heavy atom. The van der Waals surface area contributed by atoms with Gasteiger partial charge in [-0.15, -0.1) is 0 Å². The SMILES string of the molecule is COC(=O)c1ccc2cc(-c3nn(C(C)C)c4ccnc(N)c34)[nH]c2c1. The van der Waals surface area contributed by atoms with Crippen molar-refractivity contribution in [1.29, 1.82) is 0 Å². The van der Waals surface area contributed by atoms with Gasteiger partial charge in [0.05, 0.1) is 29.3 Å². The average Bonchev–Trinajstić information content (AvgIpc) is 3.22. The van der Waals surface area contributed by atoms with Gasteiger partial charge in [-0.05, 0) is 38.1 Å². The Labute approximate surface area is 149 Å². The maximum absolute atomic E-state index is 11.8. The van der Waals surface area contributed by atoms with Gasteiger partial charge in [0.2, 0.25) is 0 Å². The van der Waals surface area contributed by atoms with Crippen molar-refractivity contribution in [3.8, 4) is 11.4 Å². The third kappa shape index (κ3) is 2.40. The monoisotopic (exact) mass is 349 g/mol. The van der Waals surface area contributed by atoms with Crippen molar-refractivity contribution < 1.29 is 9.53 Å². The molecule has 0 saturated carbocycles. The van der Waals surface area contributed by atoms with Crippen LogP contribution in [0.4, 0.5) is 5.82 Å². The third-order valence-electron chi connectivity index (χ3n) is 4.44. The lowest BCUT2D eigenvalue weighted by Crippen LogP contribution is -2.02. The molecule has 0 aliphatic carbocycles. The van der Waals surface area contributed by atoms with Crippen LogP contribution in [-0.2, 0) is 4.74 Å². The zero-order valence-corrected chi connectivity index (χ0v) is 14.8. The fourth-order valence-corrected chi connectivity index (χ4v) is 3.19. The van der Waals surface area contributed by atoms with Crippen LogP contribution in [-0.4, -0.2) is 32.8 Å². The molecule has 0 aliphatic rings. The zero-order chi connectivity index (χ0) is 18.4. The summed E-state index contributed by atoms with van der Waals surface area (Å²) in [5, 5.41) is 6.56. The molecule has 0 fully saturated rings. The minimum atomic E-state index is -0.369. The fraction of sp³-hybridized carbons (Fsp3) is 0.211. The largest absolute Gasteiger partial charge is 0.465 e. The number of pyridine rings is 1. The second-order valence-electron chi connectivity index (χ2n) is 6.45. The second-order valence-corrected chi connectivity index (χ2v) is 6.45. The van der Waals surface area contributed by atoms with E-state index in [0.717, 1.165) is 33.2 Å². The first-order chi connectivity index (χ1) is 12.5. The van der Waals surface area contributed by atoms with Crippen LogP contribution in [0.15, 0.2) is 36.5 Å². The van der Waals surface area contributed by atoms with Crippen molar-refractivity contribution in [2.45, 2.75) is 19.9 Å². The highest BCUT2D eigenvalue weighted by molar-refractivity contribution is 6.02. The van der Waals surface area contributed by atoms with Crippen LogP contribution in [0.2, 0.25) is 0 Å². The molecule has 3 N–H and O–H groups in total. The Bertz CT molecular complexity index is 1140. The number of nitrogens with two attached hydrogens (primary N) is 1. The molecule has 3 aromatic heterocycles. The first-order valence-electron chi connectivity index (χ1n) is 8.33. The normalized spacial score (nSPS) is 11.5. The quantitative estimate of drug-likeness (QED) is 0.551. The number of esters is 1. The van der Waals surface area contributed by atoms with Gasteiger partial charge in [0.25, 0.3) is 0 Å². The molecule has 4 aromatic rings. The summed E-state index contributed by atoms with van der Waals surface area (Å²) < 4.78 is 6.72. The Kier molecular flexibility index (Phi) is 3.64. The van der Waals surface area contributed by atoms with Gasteiger partial charge in [0.15, 0.2) is 0 Å². The van der Waals surface area contributed by atoms with Gasteiger partial charge >= 0.3 is 5.97 Å². The van der Waals surface area contributed by atoms with Crippen LogP contribution in [0.3, 0.4) is 0 Å². The van der Waals surface area contributed by atoms with Crippen LogP contribution < -0.4 is 5.73 Å². The van der Waals surface area contributed by atoms with E-state index in [1.165, 1.54) is 7.11 Å². The number of rotatable bonds is 3. The van der Waals surface area contributed by atoms with E-state index in [-0.39, 0.29) is 12.0 Å². The Hall–Kier alpha value is -3.35. The highest BCUT2D eigenvalue weighted by Gasteiger charge is 2.19. The van der Waals surface area contributed by atoms with E-state index in [1.807, 2.05) is 22.9 Å². The standard InChI is InChI=1S/C19H19N5O2/c1-10(2)24-15-6-7-21-18(20)16(15)17(23-24)14-8-11-4-5-12(19(25)26-3)9-13(11)22-14/h4-10,22H,1-3H3,(H2,20,21). The lowest BCUT2D eigenvalue weighted by Gasteiger charge is -2.06. The number of nitrogens with one attached hydrogen (secondary N) is 1. The van der Waals surface area contributed by atoms with Crippen molar-refractivity contribution in [3.63, 3.8) is 0 Å². The molecule has 0 aliphatic heterocycles. The summed E-state index contributed by atoms with van der Waals surface area (Å²) in [4.78, 5) is 19.3. The van der Waals surface area contributed by atoms with Crippen molar-refractivity contribution in [1.82, 2.24) is 19.7 Å². The number of H-pyrrole nitrogens is 1. The minimum Gasteiger partial charge on any atom is -0.465 e. The van der Waals surface area contributed by atoms with E-state index in [2.05, 4.69) is 23.8 Å². The van der Waals surface area contributed by atoms with Crippen LogP contribution in [0.25, 0.3) is 33.2 Å². The molecule has 1 aromatic carbocycles. The fourth-order valence-electron chi connectivity index (χ4n) is 3.19. The number of nitrogens with zero attached hydrogens (tertiary/aromatic N) is 3. The van der Waals surface area contributed by atoms with Crippen LogP contribution in [0, 0.1) is 0 Å². The molecule has 0 spiro atoms. The van der Waals surface area contributed by atoms with Crippen molar-refractivity contribution in [3.05, 3.63) is 42.1 Å². The number of carbonyl (C=O) groups excluding carboxylic acids is 1. The Balaban J connectivity index is 1.94. The third-order valence-corrected chi connectivity index (χ3v) is 4.44. The molecule has 0 bridgehead atoms. The van der Waals surface area contributed by atoms with E-state index in [4.69, 9.17) is 15.6 Å². The number of benzene rings is 1. The highest BCUT2D eigenvalue weighted by atomic mass is 16.5. The van der Waals surface area contributed by atoms with Gasteiger partial charge < -0.3 is 15.5 Å². The number of methoxy groups -OCH3 is 1. The summed E-state index contributed by atoms with van der Waals surface area (Å²) in [5.74, 6) is 0.0735. The van der Waals surface area contributed by atoms with Gasteiger partial charge in [0.1, 0.15) is 11.5 Å². The van der Waals surface area contributed by atoms with Crippen molar-refractivity contribution >= 4 is 33.6 Å². The number of aromatic amines is 1. The van der Waals surface area contributed by atoms with Crippen molar-refractivity contribution in [2.24, 2.45) is 0 Å². The number of ether oxygens (including phenoxy) is 1. The number of fused-ring (bicyclic) bond motifs is 2. The summed E-state index contributed by atoms with van der Waals surface area (Å²) in [5.41, 5.74) is 9.98. The molecule has 0 radical (unpaired) electrons. The smallest absolute Gasteiger partial charge is 0.337 e. The molecule has 3 heterocycles. The average molecular weight is 349 g/mol. The summed E-state index contributed by atoms with van der Waals surface area (Å²) in [6.45, 7) is 4.14. The van der Waals surface area contributed by atoms with Crippen LogP contribution in [0.1, 0.15) is 30.2 Å².